The molecule has 1 unspecified atom stereocenters. The summed E-state index contributed by atoms with van der Waals surface area (Å²) < 4.78 is 24.4. The molecule has 1 atom stereocenters. The molecule has 206 valence electrons. The monoisotopic (exact) mass is 508 g/mol. The zero-order chi connectivity index (χ0) is 27.9. The van der Waals surface area contributed by atoms with Gasteiger partial charge in [-0.15, -0.1) is 0 Å². The predicted molar refractivity (Wildman–Crippen MR) is 149 cm³/mol. The summed E-state index contributed by atoms with van der Waals surface area (Å²) in [4.78, 5) is 11.6. The van der Waals surface area contributed by atoms with Crippen LogP contribution in [0.3, 0.4) is 0 Å². The van der Waals surface area contributed by atoms with E-state index in [2.05, 4.69) is 48.7 Å². The smallest absolute Gasteiger partial charge is 0.220 e. The molecule has 0 radical (unpaired) electrons. The van der Waals surface area contributed by atoms with Crippen LogP contribution in [0.1, 0.15) is 77.5 Å². The van der Waals surface area contributed by atoms with Gasteiger partial charge >= 0.3 is 0 Å². The van der Waals surface area contributed by atoms with E-state index in [1.807, 2.05) is 27.7 Å². The molecular weight excluding hydrogens is 458 g/mol. The maximum atomic E-state index is 12.2. The van der Waals surface area contributed by atoms with Crippen LogP contribution in [0.25, 0.3) is 0 Å². The van der Waals surface area contributed by atoms with Gasteiger partial charge in [0.25, 0.3) is 0 Å². The molecule has 0 heterocycles. The number of aliphatic hydroxyl groups is 1. The van der Waals surface area contributed by atoms with Crippen molar-refractivity contribution in [3.63, 3.8) is 0 Å². The van der Waals surface area contributed by atoms with E-state index in [9.17, 15) is 13.6 Å². The average Bonchev–Trinajstić information content (AvgIpc) is 3.70. The first-order valence-corrected chi connectivity index (χ1v) is 13.3. The van der Waals surface area contributed by atoms with Gasteiger partial charge in [-0.2, -0.15) is 0 Å². The summed E-state index contributed by atoms with van der Waals surface area (Å²) in [5.74, 6) is 0.312. The summed E-state index contributed by atoms with van der Waals surface area (Å²) in [7, 11) is 1.00. The maximum Gasteiger partial charge on any atom is 0.220 e. The van der Waals surface area contributed by atoms with Crippen LogP contribution in [0, 0.1) is 30.4 Å². The third kappa shape index (κ3) is 18.9. The minimum Gasteiger partial charge on any atom is -0.400 e. The number of carbonyl (C=O) groups is 1. The van der Waals surface area contributed by atoms with Crippen molar-refractivity contribution < 1.29 is 18.7 Å². The SMILES string of the molecule is CC.CC.CCc1cccc(CNCC(C)CNC(=O)CC2CC2)c1.CO.Cc1cc(F)cc(F)c1. The highest BCUT2D eigenvalue weighted by Crippen LogP contribution is 2.32. The van der Waals surface area contributed by atoms with Gasteiger partial charge in [0.05, 0.1) is 0 Å². The van der Waals surface area contributed by atoms with E-state index in [4.69, 9.17) is 5.11 Å². The molecule has 2 aromatic rings. The summed E-state index contributed by atoms with van der Waals surface area (Å²) in [6, 6.07) is 12.1. The number of nitrogens with one attached hydrogen (secondary N) is 2. The first-order valence-electron chi connectivity index (χ1n) is 13.3. The van der Waals surface area contributed by atoms with Gasteiger partial charge in [0, 0.05) is 32.7 Å². The molecule has 1 saturated carbocycles. The Kier molecular flexibility index (Phi) is 23.0. The van der Waals surface area contributed by atoms with Crippen molar-refractivity contribution in [2.45, 2.75) is 80.7 Å². The molecule has 1 aliphatic rings. The number of benzene rings is 2. The normalized spacial score (nSPS) is 12.1. The van der Waals surface area contributed by atoms with Crippen LogP contribution in [0.4, 0.5) is 8.78 Å². The van der Waals surface area contributed by atoms with E-state index in [1.165, 1.54) is 36.1 Å². The molecule has 0 spiro atoms. The van der Waals surface area contributed by atoms with E-state index >= 15 is 0 Å². The molecule has 1 aliphatic carbocycles. The number of hydrogen-bond donors (Lipinski definition) is 3. The Balaban J connectivity index is 0. The Bertz CT molecular complexity index is 761. The lowest BCUT2D eigenvalue weighted by molar-refractivity contribution is -0.121. The average molecular weight is 509 g/mol. The molecule has 3 N–H and O–H groups in total. The Morgan fingerprint density at radius 2 is 1.53 bits per heavy atom. The highest BCUT2D eigenvalue weighted by atomic mass is 19.1. The number of aryl methyl sites for hydroxylation is 2. The van der Waals surface area contributed by atoms with Crippen LogP contribution in [-0.2, 0) is 17.8 Å². The van der Waals surface area contributed by atoms with Gasteiger partial charge in [-0.05, 0) is 73.4 Å². The molecule has 1 fully saturated rings. The van der Waals surface area contributed by atoms with E-state index in [1.54, 1.807) is 6.92 Å². The molecular formula is C30H50F2N2O2. The molecule has 4 nitrogen and oxygen atoms in total. The second-order valence-corrected chi connectivity index (χ2v) is 8.31. The lowest BCUT2D eigenvalue weighted by Crippen LogP contribution is -2.33. The van der Waals surface area contributed by atoms with Gasteiger partial charge in [-0.3, -0.25) is 4.79 Å². The molecule has 6 heteroatoms. The third-order valence-corrected chi connectivity index (χ3v) is 5.05. The van der Waals surface area contributed by atoms with Crippen molar-refractivity contribution in [2.75, 3.05) is 20.2 Å². The Morgan fingerprint density at radius 1 is 0.972 bits per heavy atom. The fourth-order valence-electron chi connectivity index (χ4n) is 3.13. The van der Waals surface area contributed by atoms with Gasteiger partial charge in [-0.25, -0.2) is 8.78 Å². The van der Waals surface area contributed by atoms with Gasteiger partial charge in [-0.1, -0.05) is 65.8 Å². The Hall–Kier alpha value is -2.31. The summed E-state index contributed by atoms with van der Waals surface area (Å²) in [5.41, 5.74) is 3.32. The van der Waals surface area contributed by atoms with Gasteiger partial charge < -0.3 is 15.7 Å². The first-order chi connectivity index (χ1) is 17.4. The van der Waals surface area contributed by atoms with Crippen LogP contribution in [-0.4, -0.2) is 31.2 Å². The number of carbonyl (C=O) groups excluding carboxylic acids is 1. The quantitative estimate of drug-likeness (QED) is 0.348. The van der Waals surface area contributed by atoms with Crippen molar-refractivity contribution >= 4 is 5.91 Å². The molecule has 3 rings (SSSR count). The van der Waals surface area contributed by atoms with Crippen molar-refractivity contribution in [1.29, 1.82) is 0 Å². The van der Waals surface area contributed by atoms with Crippen molar-refractivity contribution in [3.05, 3.63) is 70.8 Å². The highest BCUT2D eigenvalue weighted by molar-refractivity contribution is 5.76. The van der Waals surface area contributed by atoms with E-state index in [0.29, 0.717) is 17.4 Å². The molecule has 1 amide bonds. The minimum absolute atomic E-state index is 0.222. The summed E-state index contributed by atoms with van der Waals surface area (Å²) in [6.07, 6.45) is 4.28. The lowest BCUT2D eigenvalue weighted by atomic mass is 10.1. The standard InChI is InChI=1S/C18H28N2O.C7H6F2.2C2H6.CH4O/c1-3-15-5-4-6-17(9-15)13-19-11-14(2)12-20-18(21)10-16-7-8-16;1-5-2-6(8)4-7(9)3-5;3*1-2/h4-6,9,14,16,19H,3,7-8,10-13H2,1-2H3,(H,20,21);2-4H,1H3;2*1-2H3;2H,1H3. The van der Waals surface area contributed by atoms with Gasteiger partial charge in [0.1, 0.15) is 11.6 Å². The largest absolute Gasteiger partial charge is 0.400 e. The molecule has 2 aromatic carbocycles. The van der Waals surface area contributed by atoms with Crippen LogP contribution >= 0.6 is 0 Å². The minimum atomic E-state index is -0.521. The maximum absolute atomic E-state index is 12.2. The van der Waals surface area contributed by atoms with Crippen LogP contribution in [0.5, 0.6) is 0 Å². The fraction of sp³-hybridized carbons (Fsp3) is 0.567. The summed E-state index contributed by atoms with van der Waals surface area (Å²) in [6.45, 7) is 16.6. The number of amides is 1. The fourth-order valence-corrected chi connectivity index (χ4v) is 3.13. The second kappa shape index (κ2) is 23.1. The summed E-state index contributed by atoms with van der Waals surface area (Å²) in [5, 5.41) is 13.5. The van der Waals surface area contributed by atoms with E-state index in [0.717, 1.165) is 45.7 Å². The number of hydrogen-bond acceptors (Lipinski definition) is 3. The molecule has 0 saturated heterocycles. The number of rotatable bonds is 9. The first kappa shape index (κ1) is 35.8. The molecule has 0 bridgehead atoms. The number of halogens is 2. The van der Waals surface area contributed by atoms with Gasteiger partial charge in [0.2, 0.25) is 5.91 Å². The molecule has 0 aromatic heterocycles. The molecule has 0 aliphatic heterocycles. The Morgan fingerprint density at radius 3 is 2.03 bits per heavy atom. The van der Waals surface area contributed by atoms with Crippen molar-refractivity contribution in [2.24, 2.45) is 11.8 Å². The van der Waals surface area contributed by atoms with Crippen LogP contribution in [0.2, 0.25) is 0 Å². The zero-order valence-electron chi connectivity index (χ0n) is 23.8. The highest BCUT2D eigenvalue weighted by Gasteiger charge is 2.24. The Labute approximate surface area is 218 Å². The topological polar surface area (TPSA) is 61.4 Å². The predicted octanol–water partition coefficient (Wildman–Crippen LogP) is 6.83. The van der Waals surface area contributed by atoms with Crippen molar-refractivity contribution in [1.82, 2.24) is 10.6 Å². The summed E-state index contributed by atoms with van der Waals surface area (Å²) >= 11 is 0. The zero-order valence-corrected chi connectivity index (χ0v) is 23.8. The van der Waals surface area contributed by atoms with Crippen LogP contribution in [0.15, 0.2) is 42.5 Å². The van der Waals surface area contributed by atoms with Crippen LogP contribution < -0.4 is 10.6 Å². The lowest BCUT2D eigenvalue weighted by Gasteiger charge is -2.14. The number of aliphatic hydroxyl groups excluding tert-OH is 1. The van der Waals surface area contributed by atoms with Crippen molar-refractivity contribution in [3.8, 4) is 0 Å². The third-order valence-electron chi connectivity index (χ3n) is 5.05. The van der Waals surface area contributed by atoms with E-state index in [-0.39, 0.29) is 5.91 Å². The van der Waals surface area contributed by atoms with E-state index < -0.39 is 11.6 Å². The molecule has 36 heavy (non-hydrogen) atoms. The van der Waals surface area contributed by atoms with Gasteiger partial charge in [0.15, 0.2) is 0 Å². The second-order valence-electron chi connectivity index (χ2n) is 8.31.